The molecule has 1 unspecified atom stereocenters. The van der Waals surface area contributed by atoms with Crippen LogP contribution in [0.15, 0.2) is 0 Å². The number of rotatable bonds is 27. The van der Waals surface area contributed by atoms with Gasteiger partial charge in [-0.1, -0.05) is 120 Å². The Morgan fingerprint density at radius 1 is 0.667 bits per heavy atom. The van der Waals surface area contributed by atoms with Crippen LogP contribution < -0.4 is 0 Å². The normalized spacial score (nSPS) is 12.0. The highest BCUT2D eigenvalue weighted by molar-refractivity contribution is 9.09. The molecule has 0 aromatic carbocycles. The van der Waals surface area contributed by atoms with Crippen molar-refractivity contribution < 1.29 is 14.3 Å². The zero-order valence-corrected chi connectivity index (χ0v) is 25.9. The van der Waals surface area contributed by atoms with Gasteiger partial charge in [0.05, 0.1) is 6.61 Å². The molecular weight excluding hydrogens is 514 g/mol. The van der Waals surface area contributed by atoms with Gasteiger partial charge in [-0.15, -0.1) is 0 Å². The number of hydrogen-bond acceptors (Lipinski definition) is 3. The molecule has 0 aromatic heterocycles. The van der Waals surface area contributed by atoms with Crippen LogP contribution in [0.3, 0.4) is 0 Å². The van der Waals surface area contributed by atoms with Crippen LogP contribution in [0, 0.1) is 5.92 Å². The van der Waals surface area contributed by atoms with Crippen molar-refractivity contribution in [3.8, 4) is 0 Å². The smallest absolute Gasteiger partial charge is 0.305 e. The molecule has 0 heterocycles. The molecule has 1 atom stereocenters. The van der Waals surface area contributed by atoms with Crippen LogP contribution in [-0.2, 0) is 14.3 Å². The average Bonchev–Trinajstić information content (AvgIpc) is 2.88. The number of esters is 1. The second-order valence-electron chi connectivity index (χ2n) is 10.8. The maximum absolute atomic E-state index is 12.3. The van der Waals surface area contributed by atoms with E-state index in [0.717, 1.165) is 44.0 Å². The summed E-state index contributed by atoms with van der Waals surface area (Å²) in [4.78, 5) is 26.4. The fraction of sp³-hybridized carbons (Fsp3) is 0.935. The van der Waals surface area contributed by atoms with E-state index in [1.807, 2.05) is 11.9 Å². The number of ether oxygens (including phenoxy) is 1. The first-order chi connectivity index (χ1) is 17.5. The number of nitrogens with zero attached hydrogens (tertiary/aromatic N) is 1. The van der Waals surface area contributed by atoms with E-state index in [1.54, 1.807) is 0 Å². The van der Waals surface area contributed by atoms with E-state index in [2.05, 4.69) is 29.8 Å². The molecule has 0 aliphatic carbocycles. The lowest BCUT2D eigenvalue weighted by molar-refractivity contribution is -0.145. The fourth-order valence-electron chi connectivity index (χ4n) is 4.68. The van der Waals surface area contributed by atoms with Crippen LogP contribution in [0.4, 0.5) is 0 Å². The monoisotopic (exact) mass is 573 g/mol. The van der Waals surface area contributed by atoms with Gasteiger partial charge in [0, 0.05) is 31.8 Å². The molecule has 5 heteroatoms. The Morgan fingerprint density at radius 3 is 1.81 bits per heavy atom. The number of unbranched alkanes of at least 4 members (excludes halogenated alkanes) is 14. The van der Waals surface area contributed by atoms with E-state index in [0.29, 0.717) is 25.4 Å². The maximum atomic E-state index is 12.3. The zero-order chi connectivity index (χ0) is 26.7. The maximum Gasteiger partial charge on any atom is 0.305 e. The minimum Gasteiger partial charge on any atom is -0.465 e. The molecule has 0 N–H and O–H groups in total. The molecule has 0 rings (SSSR count). The van der Waals surface area contributed by atoms with E-state index in [9.17, 15) is 9.59 Å². The summed E-state index contributed by atoms with van der Waals surface area (Å²) in [6.45, 7) is 5.90. The van der Waals surface area contributed by atoms with Crippen molar-refractivity contribution in [2.45, 2.75) is 155 Å². The Labute approximate surface area is 233 Å². The van der Waals surface area contributed by atoms with Crippen LogP contribution in [-0.4, -0.2) is 42.3 Å². The quantitative estimate of drug-likeness (QED) is 0.0557. The minimum atomic E-state index is -0.0409. The lowest BCUT2D eigenvalue weighted by Crippen LogP contribution is -2.27. The summed E-state index contributed by atoms with van der Waals surface area (Å²) in [7, 11) is 1.91. The Morgan fingerprint density at radius 2 is 1.17 bits per heavy atom. The molecular formula is C31H60BrNO3. The summed E-state index contributed by atoms with van der Waals surface area (Å²) in [6.07, 6.45) is 25.2. The van der Waals surface area contributed by atoms with Crippen LogP contribution in [0.1, 0.15) is 155 Å². The Bertz CT molecular complexity index is 500. The summed E-state index contributed by atoms with van der Waals surface area (Å²) in [5.41, 5.74) is 0. The predicted octanol–water partition coefficient (Wildman–Crippen LogP) is 9.62. The van der Waals surface area contributed by atoms with Crippen LogP contribution in [0.5, 0.6) is 0 Å². The highest BCUT2D eigenvalue weighted by Gasteiger charge is 2.13. The number of hydrogen-bond donors (Lipinski definition) is 0. The third-order valence-electron chi connectivity index (χ3n) is 7.24. The second kappa shape index (κ2) is 27.5. The number of carbonyl (C=O) groups is 2. The number of amides is 1. The molecule has 36 heavy (non-hydrogen) atoms. The predicted molar refractivity (Wildman–Crippen MR) is 159 cm³/mol. The van der Waals surface area contributed by atoms with E-state index in [4.69, 9.17) is 4.74 Å². The van der Waals surface area contributed by atoms with E-state index >= 15 is 0 Å². The van der Waals surface area contributed by atoms with E-state index in [-0.39, 0.29) is 11.9 Å². The molecule has 0 radical (unpaired) electrons. The summed E-state index contributed by atoms with van der Waals surface area (Å²) < 4.78 is 5.70. The molecule has 214 valence electrons. The van der Waals surface area contributed by atoms with Gasteiger partial charge in [0.2, 0.25) is 5.91 Å². The van der Waals surface area contributed by atoms with Crippen molar-refractivity contribution in [1.29, 1.82) is 0 Å². The highest BCUT2D eigenvalue weighted by Crippen LogP contribution is 2.20. The molecule has 0 spiro atoms. The summed E-state index contributed by atoms with van der Waals surface area (Å²) in [6, 6.07) is 0. The first-order valence-corrected chi connectivity index (χ1v) is 16.6. The van der Waals surface area contributed by atoms with E-state index in [1.165, 1.54) is 96.3 Å². The van der Waals surface area contributed by atoms with Gasteiger partial charge in [-0.3, -0.25) is 9.59 Å². The van der Waals surface area contributed by atoms with Crippen LogP contribution in [0.25, 0.3) is 0 Å². The van der Waals surface area contributed by atoms with Gasteiger partial charge >= 0.3 is 5.97 Å². The summed E-state index contributed by atoms with van der Waals surface area (Å²) in [5, 5.41) is 1.07. The molecule has 0 aliphatic heterocycles. The first-order valence-electron chi connectivity index (χ1n) is 15.5. The van der Waals surface area contributed by atoms with Crippen molar-refractivity contribution >= 4 is 27.8 Å². The van der Waals surface area contributed by atoms with Crippen LogP contribution >= 0.6 is 15.9 Å². The molecule has 0 aliphatic rings. The molecule has 4 nitrogen and oxygen atoms in total. The van der Waals surface area contributed by atoms with Crippen molar-refractivity contribution in [2.75, 3.05) is 25.5 Å². The Kier molecular flexibility index (Phi) is 27.0. The van der Waals surface area contributed by atoms with Crippen molar-refractivity contribution in [2.24, 2.45) is 5.92 Å². The van der Waals surface area contributed by atoms with Gasteiger partial charge in [0.25, 0.3) is 0 Å². The first kappa shape index (κ1) is 35.4. The van der Waals surface area contributed by atoms with Crippen molar-refractivity contribution in [3.05, 3.63) is 0 Å². The Balaban J connectivity index is 3.95. The lowest BCUT2D eigenvalue weighted by atomic mass is 9.95. The highest BCUT2D eigenvalue weighted by atomic mass is 79.9. The molecule has 0 aromatic rings. The second-order valence-corrected chi connectivity index (χ2v) is 11.6. The van der Waals surface area contributed by atoms with Gasteiger partial charge in [0.15, 0.2) is 0 Å². The van der Waals surface area contributed by atoms with Gasteiger partial charge in [0.1, 0.15) is 0 Å². The molecule has 0 saturated carbocycles. The zero-order valence-electron chi connectivity index (χ0n) is 24.3. The van der Waals surface area contributed by atoms with Gasteiger partial charge in [-0.2, -0.15) is 0 Å². The van der Waals surface area contributed by atoms with Gasteiger partial charge in [-0.05, 0) is 44.4 Å². The van der Waals surface area contributed by atoms with Gasteiger partial charge in [-0.25, -0.2) is 0 Å². The van der Waals surface area contributed by atoms with Crippen LogP contribution in [0.2, 0.25) is 0 Å². The average molecular weight is 575 g/mol. The number of alkyl halides is 1. The topological polar surface area (TPSA) is 46.6 Å². The summed E-state index contributed by atoms with van der Waals surface area (Å²) in [5.74, 6) is 0.743. The van der Waals surface area contributed by atoms with E-state index < -0.39 is 0 Å². The third kappa shape index (κ3) is 23.8. The minimum absolute atomic E-state index is 0.0409. The standard InChI is InChI=1S/C31H60BrNO3/c1-4-6-8-10-12-17-23-29(22-16-9-7-5-2)28-36-31(35)25-19-15-21-27-33(3)30(34)24-18-13-11-14-20-26-32/h29H,4-28H2,1-3H3. The fourth-order valence-corrected chi connectivity index (χ4v) is 5.08. The molecule has 0 fully saturated rings. The van der Waals surface area contributed by atoms with Gasteiger partial charge < -0.3 is 9.64 Å². The summed E-state index contributed by atoms with van der Waals surface area (Å²) >= 11 is 3.46. The van der Waals surface area contributed by atoms with Crippen molar-refractivity contribution in [3.63, 3.8) is 0 Å². The Hall–Kier alpha value is -0.580. The molecule has 0 bridgehead atoms. The molecule has 0 saturated heterocycles. The number of carbonyl (C=O) groups excluding carboxylic acids is 2. The largest absolute Gasteiger partial charge is 0.465 e. The number of halogens is 1. The SMILES string of the molecule is CCCCCCCCC(CCCCCC)COC(=O)CCCCCN(C)C(=O)CCCCCCCBr. The third-order valence-corrected chi connectivity index (χ3v) is 7.80. The molecule has 1 amide bonds. The lowest BCUT2D eigenvalue weighted by Gasteiger charge is -2.18. The van der Waals surface area contributed by atoms with Crippen molar-refractivity contribution in [1.82, 2.24) is 4.90 Å².